The average Bonchev–Trinajstić information content (AvgIpc) is 2.35. The molecule has 0 unspecified atom stereocenters. The van der Waals surface area contributed by atoms with Gasteiger partial charge in [0, 0.05) is 9.50 Å². The Balaban J connectivity index is 2.28. The predicted molar refractivity (Wildman–Crippen MR) is 81.1 cm³/mol. The number of halogens is 3. The molecule has 1 heterocycles. The maximum absolute atomic E-state index is 12.2. The Morgan fingerprint density at radius 1 is 1.26 bits per heavy atom. The predicted octanol–water partition coefficient (Wildman–Crippen LogP) is 4.71. The lowest BCUT2D eigenvalue weighted by Crippen LogP contribution is -2.13. The standard InChI is InChI=1S/C13H9BrCl2N2O/c1-7-11(4-5-12(16)17-7)18-13(19)9-6-8(15)2-3-10(9)14/h2-6H,1H3,(H,18,19). The van der Waals surface area contributed by atoms with Gasteiger partial charge in [-0.05, 0) is 53.2 Å². The summed E-state index contributed by atoms with van der Waals surface area (Å²) in [4.78, 5) is 16.2. The summed E-state index contributed by atoms with van der Waals surface area (Å²) in [7, 11) is 0. The molecule has 0 bridgehead atoms. The number of anilines is 1. The Morgan fingerprint density at radius 3 is 2.68 bits per heavy atom. The van der Waals surface area contributed by atoms with Crippen molar-refractivity contribution in [3.05, 3.63) is 56.2 Å². The SMILES string of the molecule is Cc1nc(Cl)ccc1NC(=O)c1cc(Cl)ccc1Br. The van der Waals surface area contributed by atoms with Crippen molar-refractivity contribution in [1.29, 1.82) is 0 Å². The van der Waals surface area contributed by atoms with Crippen molar-refractivity contribution in [3.63, 3.8) is 0 Å². The third kappa shape index (κ3) is 3.47. The summed E-state index contributed by atoms with van der Waals surface area (Å²) in [5.74, 6) is -0.262. The van der Waals surface area contributed by atoms with Gasteiger partial charge in [-0.1, -0.05) is 23.2 Å². The van der Waals surface area contributed by atoms with E-state index in [1.54, 1.807) is 37.3 Å². The molecule has 0 aliphatic carbocycles. The highest BCUT2D eigenvalue weighted by atomic mass is 79.9. The van der Waals surface area contributed by atoms with Crippen LogP contribution in [0.25, 0.3) is 0 Å². The van der Waals surface area contributed by atoms with Crippen LogP contribution in [0.1, 0.15) is 16.1 Å². The van der Waals surface area contributed by atoms with Crippen molar-refractivity contribution in [1.82, 2.24) is 4.98 Å². The zero-order valence-corrected chi connectivity index (χ0v) is 13.0. The van der Waals surface area contributed by atoms with Crippen molar-refractivity contribution in [2.75, 3.05) is 5.32 Å². The van der Waals surface area contributed by atoms with Crippen LogP contribution in [0, 0.1) is 6.92 Å². The van der Waals surface area contributed by atoms with Crippen LogP contribution in [0.15, 0.2) is 34.8 Å². The molecule has 0 aliphatic rings. The maximum atomic E-state index is 12.2. The summed E-state index contributed by atoms with van der Waals surface area (Å²) >= 11 is 15.0. The first-order valence-electron chi connectivity index (χ1n) is 5.37. The molecule has 19 heavy (non-hydrogen) atoms. The molecule has 6 heteroatoms. The fraction of sp³-hybridized carbons (Fsp3) is 0.0769. The molecule has 1 N–H and O–H groups in total. The zero-order valence-electron chi connectivity index (χ0n) is 9.88. The van der Waals surface area contributed by atoms with Crippen molar-refractivity contribution in [2.45, 2.75) is 6.92 Å². The van der Waals surface area contributed by atoms with Gasteiger partial charge in [0.1, 0.15) is 5.15 Å². The van der Waals surface area contributed by atoms with Crippen LogP contribution in [-0.2, 0) is 0 Å². The van der Waals surface area contributed by atoms with Crippen LogP contribution >= 0.6 is 39.1 Å². The molecule has 98 valence electrons. The smallest absolute Gasteiger partial charge is 0.256 e. The number of benzene rings is 1. The van der Waals surface area contributed by atoms with Crippen molar-refractivity contribution < 1.29 is 4.79 Å². The molecule has 1 aromatic heterocycles. The third-order valence-electron chi connectivity index (χ3n) is 2.47. The Bertz CT molecular complexity index is 647. The lowest BCUT2D eigenvalue weighted by Gasteiger charge is -2.09. The molecule has 1 aromatic carbocycles. The van der Waals surface area contributed by atoms with Crippen molar-refractivity contribution in [2.24, 2.45) is 0 Å². The van der Waals surface area contributed by atoms with Gasteiger partial charge in [0.05, 0.1) is 16.9 Å². The highest BCUT2D eigenvalue weighted by Crippen LogP contribution is 2.23. The van der Waals surface area contributed by atoms with E-state index in [4.69, 9.17) is 23.2 Å². The number of hydrogen-bond acceptors (Lipinski definition) is 2. The molecule has 0 spiro atoms. The summed E-state index contributed by atoms with van der Waals surface area (Å²) in [6.45, 7) is 1.77. The van der Waals surface area contributed by atoms with E-state index < -0.39 is 0 Å². The van der Waals surface area contributed by atoms with Crippen LogP contribution in [0.2, 0.25) is 10.2 Å². The number of amides is 1. The van der Waals surface area contributed by atoms with Crippen molar-refractivity contribution in [3.8, 4) is 0 Å². The van der Waals surface area contributed by atoms with E-state index in [9.17, 15) is 4.79 Å². The summed E-state index contributed by atoms with van der Waals surface area (Å²) in [6.07, 6.45) is 0. The Morgan fingerprint density at radius 2 is 2.00 bits per heavy atom. The largest absolute Gasteiger partial charge is 0.320 e. The zero-order chi connectivity index (χ0) is 14.0. The van der Waals surface area contributed by atoms with E-state index in [-0.39, 0.29) is 5.91 Å². The number of aryl methyl sites for hydroxylation is 1. The van der Waals surface area contributed by atoms with Gasteiger partial charge in [-0.2, -0.15) is 0 Å². The van der Waals surface area contributed by atoms with E-state index in [2.05, 4.69) is 26.2 Å². The minimum Gasteiger partial charge on any atom is -0.320 e. The van der Waals surface area contributed by atoms with Crippen molar-refractivity contribution >= 4 is 50.7 Å². The molecular weight excluding hydrogens is 351 g/mol. The van der Waals surface area contributed by atoms with Crippen LogP contribution in [0.3, 0.4) is 0 Å². The normalized spacial score (nSPS) is 10.3. The van der Waals surface area contributed by atoms with E-state index in [1.807, 2.05) is 0 Å². The molecular formula is C13H9BrCl2N2O. The second-order valence-corrected chi connectivity index (χ2v) is 5.52. The van der Waals surface area contributed by atoms with Gasteiger partial charge in [0.2, 0.25) is 0 Å². The molecule has 2 rings (SSSR count). The lowest BCUT2D eigenvalue weighted by molar-refractivity contribution is 0.102. The number of pyridine rings is 1. The van der Waals surface area contributed by atoms with Crippen LogP contribution < -0.4 is 5.32 Å². The summed E-state index contributed by atoms with van der Waals surface area (Å²) in [5, 5.41) is 3.66. The molecule has 1 amide bonds. The number of rotatable bonds is 2. The quantitative estimate of drug-likeness (QED) is 0.789. The first-order valence-corrected chi connectivity index (χ1v) is 6.92. The van der Waals surface area contributed by atoms with E-state index >= 15 is 0 Å². The van der Waals surface area contributed by atoms with Gasteiger partial charge < -0.3 is 5.32 Å². The monoisotopic (exact) mass is 358 g/mol. The fourth-order valence-corrected chi connectivity index (χ4v) is 2.31. The van der Waals surface area contributed by atoms with E-state index in [1.165, 1.54) is 0 Å². The second-order valence-electron chi connectivity index (χ2n) is 3.85. The first kappa shape index (κ1) is 14.3. The maximum Gasteiger partial charge on any atom is 0.256 e. The van der Waals surface area contributed by atoms with Gasteiger partial charge in [0.15, 0.2) is 0 Å². The summed E-state index contributed by atoms with van der Waals surface area (Å²) in [5.41, 5.74) is 1.72. The Kier molecular flexibility index (Phi) is 4.45. The van der Waals surface area contributed by atoms with Crippen LogP contribution in [0.5, 0.6) is 0 Å². The summed E-state index contributed by atoms with van der Waals surface area (Å²) < 4.78 is 0.675. The van der Waals surface area contributed by atoms with Gasteiger partial charge in [-0.25, -0.2) is 4.98 Å². The minimum atomic E-state index is -0.262. The highest BCUT2D eigenvalue weighted by Gasteiger charge is 2.12. The molecule has 2 aromatic rings. The third-order valence-corrected chi connectivity index (χ3v) is 3.61. The topological polar surface area (TPSA) is 42.0 Å². The average molecular weight is 360 g/mol. The first-order chi connectivity index (χ1) is 8.97. The molecule has 0 fully saturated rings. The summed E-state index contributed by atoms with van der Waals surface area (Å²) in [6, 6.07) is 8.36. The number of nitrogens with zero attached hydrogens (tertiary/aromatic N) is 1. The number of nitrogens with one attached hydrogen (secondary N) is 1. The van der Waals surface area contributed by atoms with Gasteiger partial charge >= 0.3 is 0 Å². The van der Waals surface area contributed by atoms with Gasteiger partial charge in [-0.15, -0.1) is 0 Å². The molecule has 0 saturated heterocycles. The number of hydrogen-bond donors (Lipinski definition) is 1. The number of carbonyl (C=O) groups is 1. The second kappa shape index (κ2) is 5.90. The van der Waals surface area contributed by atoms with Crippen LogP contribution in [-0.4, -0.2) is 10.9 Å². The highest BCUT2D eigenvalue weighted by molar-refractivity contribution is 9.10. The fourth-order valence-electron chi connectivity index (χ4n) is 1.52. The molecule has 3 nitrogen and oxygen atoms in total. The van der Waals surface area contributed by atoms with E-state index in [0.29, 0.717) is 31.6 Å². The molecule has 0 saturated carbocycles. The Hall–Kier alpha value is -1.10. The molecule has 0 aliphatic heterocycles. The number of aromatic nitrogens is 1. The minimum absolute atomic E-state index is 0.262. The number of carbonyl (C=O) groups excluding carboxylic acids is 1. The lowest BCUT2D eigenvalue weighted by atomic mass is 10.2. The molecule has 0 atom stereocenters. The van der Waals surface area contributed by atoms with Crippen LogP contribution in [0.4, 0.5) is 5.69 Å². The van der Waals surface area contributed by atoms with Gasteiger partial charge in [-0.3, -0.25) is 4.79 Å². The van der Waals surface area contributed by atoms with Gasteiger partial charge in [0.25, 0.3) is 5.91 Å². The molecule has 0 radical (unpaired) electrons. The Labute approximate surface area is 129 Å². The van der Waals surface area contributed by atoms with E-state index in [0.717, 1.165) is 0 Å².